The van der Waals surface area contributed by atoms with Crippen LogP contribution in [-0.4, -0.2) is 38.2 Å². The maximum absolute atomic E-state index is 12.5. The molecule has 0 bridgehead atoms. The smallest absolute Gasteiger partial charge is 0.337 e. The van der Waals surface area contributed by atoms with Gasteiger partial charge in [-0.1, -0.05) is 11.3 Å². The van der Waals surface area contributed by atoms with Crippen LogP contribution in [0.1, 0.15) is 20.7 Å². The van der Waals surface area contributed by atoms with Crippen LogP contribution in [0.25, 0.3) is 10.2 Å². The van der Waals surface area contributed by atoms with Crippen LogP contribution in [0.15, 0.2) is 36.4 Å². The summed E-state index contributed by atoms with van der Waals surface area (Å²) in [7, 11) is 4.36. The highest BCUT2D eigenvalue weighted by molar-refractivity contribution is 7.22. The Kier molecular flexibility index (Phi) is 5.04. The summed E-state index contributed by atoms with van der Waals surface area (Å²) >= 11 is 1.27. The summed E-state index contributed by atoms with van der Waals surface area (Å²) in [5, 5.41) is 3.19. The molecule has 8 heteroatoms. The SMILES string of the molecule is COC(=O)c1ccc2nc(NC(=O)c3ccc(OC)c(OC)c3)sc2c1. The van der Waals surface area contributed by atoms with Gasteiger partial charge >= 0.3 is 5.97 Å². The van der Waals surface area contributed by atoms with Crippen LogP contribution in [0.2, 0.25) is 0 Å². The lowest BCUT2D eigenvalue weighted by Crippen LogP contribution is -2.11. The molecule has 0 saturated carbocycles. The van der Waals surface area contributed by atoms with Gasteiger partial charge in [0.2, 0.25) is 0 Å². The van der Waals surface area contributed by atoms with E-state index < -0.39 is 5.97 Å². The molecule has 1 heterocycles. The van der Waals surface area contributed by atoms with Gasteiger partial charge in [0, 0.05) is 5.56 Å². The maximum atomic E-state index is 12.5. The van der Waals surface area contributed by atoms with Crippen molar-refractivity contribution >= 4 is 38.6 Å². The first-order valence-corrected chi connectivity index (χ1v) is 8.39. The number of anilines is 1. The van der Waals surface area contributed by atoms with Crippen molar-refractivity contribution in [3.63, 3.8) is 0 Å². The molecule has 0 fully saturated rings. The zero-order chi connectivity index (χ0) is 18.7. The molecule has 2 aromatic carbocycles. The number of aromatic nitrogens is 1. The quantitative estimate of drug-likeness (QED) is 0.691. The number of fused-ring (bicyclic) bond motifs is 1. The minimum absolute atomic E-state index is 0.321. The van der Waals surface area contributed by atoms with E-state index in [0.29, 0.717) is 33.3 Å². The molecule has 0 atom stereocenters. The number of methoxy groups -OCH3 is 3. The zero-order valence-electron chi connectivity index (χ0n) is 14.4. The largest absolute Gasteiger partial charge is 0.493 e. The minimum atomic E-state index is -0.420. The van der Waals surface area contributed by atoms with Gasteiger partial charge in [-0.05, 0) is 36.4 Å². The number of nitrogens with one attached hydrogen (secondary N) is 1. The topological polar surface area (TPSA) is 86.8 Å². The van der Waals surface area contributed by atoms with Crippen molar-refractivity contribution in [3.05, 3.63) is 47.5 Å². The Bertz CT molecular complexity index is 983. The van der Waals surface area contributed by atoms with Gasteiger partial charge in [0.1, 0.15) is 0 Å². The van der Waals surface area contributed by atoms with Gasteiger partial charge in [-0.2, -0.15) is 0 Å². The van der Waals surface area contributed by atoms with Gasteiger partial charge in [-0.25, -0.2) is 9.78 Å². The molecule has 1 amide bonds. The molecule has 0 aliphatic carbocycles. The number of ether oxygens (including phenoxy) is 3. The average molecular weight is 372 g/mol. The molecular weight excluding hydrogens is 356 g/mol. The van der Waals surface area contributed by atoms with Gasteiger partial charge in [0.15, 0.2) is 16.6 Å². The number of thiazole rings is 1. The zero-order valence-corrected chi connectivity index (χ0v) is 15.2. The van der Waals surface area contributed by atoms with Crippen molar-refractivity contribution in [3.8, 4) is 11.5 Å². The molecule has 0 aliphatic heterocycles. The number of rotatable bonds is 5. The molecule has 1 N–H and O–H groups in total. The van der Waals surface area contributed by atoms with Crippen LogP contribution >= 0.6 is 11.3 Å². The molecule has 0 radical (unpaired) electrons. The van der Waals surface area contributed by atoms with E-state index >= 15 is 0 Å². The summed E-state index contributed by atoms with van der Waals surface area (Å²) in [4.78, 5) is 28.4. The maximum Gasteiger partial charge on any atom is 0.337 e. The number of esters is 1. The highest BCUT2D eigenvalue weighted by Crippen LogP contribution is 2.30. The van der Waals surface area contributed by atoms with E-state index in [1.807, 2.05) is 0 Å². The molecule has 0 spiro atoms. The third-order valence-electron chi connectivity index (χ3n) is 3.68. The van der Waals surface area contributed by atoms with Gasteiger partial charge in [-0.15, -0.1) is 0 Å². The summed E-state index contributed by atoms with van der Waals surface area (Å²) in [6.45, 7) is 0. The average Bonchev–Trinajstić information content (AvgIpc) is 3.07. The molecule has 3 aromatic rings. The Balaban J connectivity index is 1.84. The fourth-order valence-corrected chi connectivity index (χ4v) is 3.27. The summed E-state index contributed by atoms with van der Waals surface area (Å²) in [5.74, 6) is 0.265. The van der Waals surface area contributed by atoms with Crippen LogP contribution in [0.4, 0.5) is 5.13 Å². The van der Waals surface area contributed by atoms with Crippen molar-refractivity contribution in [2.24, 2.45) is 0 Å². The van der Waals surface area contributed by atoms with Crippen molar-refractivity contribution in [2.45, 2.75) is 0 Å². The lowest BCUT2D eigenvalue weighted by atomic mass is 10.2. The van der Waals surface area contributed by atoms with Gasteiger partial charge in [0.25, 0.3) is 5.91 Å². The number of benzene rings is 2. The standard InChI is InChI=1S/C18H16N2O5S/c1-23-13-7-5-10(8-14(13)24-2)16(21)20-18-19-12-6-4-11(17(22)25-3)9-15(12)26-18/h4-9H,1-3H3,(H,19,20,21). The van der Waals surface area contributed by atoms with E-state index in [1.54, 1.807) is 36.4 Å². The monoisotopic (exact) mass is 372 g/mol. The number of nitrogens with zero attached hydrogens (tertiary/aromatic N) is 1. The Morgan fingerprint density at radius 2 is 1.69 bits per heavy atom. The molecule has 134 valence electrons. The predicted octanol–water partition coefficient (Wildman–Crippen LogP) is 3.35. The molecule has 0 unspecified atom stereocenters. The Morgan fingerprint density at radius 3 is 2.38 bits per heavy atom. The minimum Gasteiger partial charge on any atom is -0.493 e. The molecular formula is C18H16N2O5S. The van der Waals surface area contributed by atoms with E-state index in [-0.39, 0.29) is 5.91 Å². The van der Waals surface area contributed by atoms with E-state index in [0.717, 1.165) is 4.70 Å². The number of hydrogen-bond donors (Lipinski definition) is 1. The first kappa shape index (κ1) is 17.7. The second-order valence-corrected chi connectivity index (χ2v) is 6.25. The van der Waals surface area contributed by atoms with Crippen LogP contribution in [0.3, 0.4) is 0 Å². The molecule has 26 heavy (non-hydrogen) atoms. The van der Waals surface area contributed by atoms with Crippen LogP contribution in [0.5, 0.6) is 11.5 Å². The van der Waals surface area contributed by atoms with E-state index in [9.17, 15) is 9.59 Å². The fourth-order valence-electron chi connectivity index (χ4n) is 2.37. The van der Waals surface area contributed by atoms with Crippen LogP contribution in [-0.2, 0) is 4.74 Å². The first-order chi connectivity index (χ1) is 12.5. The van der Waals surface area contributed by atoms with Crippen LogP contribution < -0.4 is 14.8 Å². The summed E-state index contributed by atoms with van der Waals surface area (Å²) < 4.78 is 15.9. The molecule has 0 aliphatic rings. The Morgan fingerprint density at radius 1 is 0.962 bits per heavy atom. The lowest BCUT2D eigenvalue weighted by molar-refractivity contribution is 0.0601. The van der Waals surface area contributed by atoms with Crippen molar-refractivity contribution in [1.29, 1.82) is 0 Å². The summed E-state index contributed by atoms with van der Waals surface area (Å²) in [6, 6.07) is 9.92. The van der Waals surface area contributed by atoms with Crippen molar-refractivity contribution in [2.75, 3.05) is 26.6 Å². The Labute approximate surface area is 153 Å². The number of hydrogen-bond acceptors (Lipinski definition) is 7. The van der Waals surface area contributed by atoms with Gasteiger partial charge in [0.05, 0.1) is 37.1 Å². The fraction of sp³-hybridized carbons (Fsp3) is 0.167. The number of carbonyl (C=O) groups excluding carboxylic acids is 2. The third kappa shape index (κ3) is 3.45. The van der Waals surface area contributed by atoms with Gasteiger partial charge < -0.3 is 14.2 Å². The lowest BCUT2D eigenvalue weighted by Gasteiger charge is -2.09. The van der Waals surface area contributed by atoms with Crippen LogP contribution in [0, 0.1) is 0 Å². The molecule has 1 aromatic heterocycles. The summed E-state index contributed by atoms with van der Waals surface area (Å²) in [5.41, 5.74) is 1.53. The normalized spacial score (nSPS) is 10.4. The number of carbonyl (C=O) groups is 2. The van der Waals surface area contributed by atoms with E-state index in [1.165, 1.54) is 32.7 Å². The van der Waals surface area contributed by atoms with Gasteiger partial charge in [-0.3, -0.25) is 10.1 Å². The van der Waals surface area contributed by atoms with Crippen molar-refractivity contribution in [1.82, 2.24) is 4.98 Å². The number of amides is 1. The van der Waals surface area contributed by atoms with Crippen molar-refractivity contribution < 1.29 is 23.8 Å². The molecule has 7 nitrogen and oxygen atoms in total. The Hall–Kier alpha value is -3.13. The predicted molar refractivity (Wildman–Crippen MR) is 98.5 cm³/mol. The highest BCUT2D eigenvalue weighted by atomic mass is 32.1. The highest BCUT2D eigenvalue weighted by Gasteiger charge is 2.14. The third-order valence-corrected chi connectivity index (χ3v) is 4.61. The first-order valence-electron chi connectivity index (χ1n) is 7.58. The molecule has 0 saturated heterocycles. The molecule has 3 rings (SSSR count). The second-order valence-electron chi connectivity index (χ2n) is 5.22. The van der Waals surface area contributed by atoms with E-state index in [2.05, 4.69) is 10.3 Å². The second kappa shape index (κ2) is 7.40. The summed E-state index contributed by atoms with van der Waals surface area (Å²) in [6.07, 6.45) is 0. The van der Waals surface area contributed by atoms with E-state index in [4.69, 9.17) is 14.2 Å².